The van der Waals surface area contributed by atoms with E-state index in [2.05, 4.69) is 9.36 Å². The number of nitrogens with zero attached hydrogens (tertiary/aromatic N) is 3. The van der Waals surface area contributed by atoms with Crippen LogP contribution in [0.2, 0.25) is 0 Å². The van der Waals surface area contributed by atoms with Crippen molar-refractivity contribution in [3.63, 3.8) is 0 Å². The minimum atomic E-state index is -0.767. The van der Waals surface area contributed by atoms with Gasteiger partial charge in [0, 0.05) is 0 Å². The van der Waals surface area contributed by atoms with Gasteiger partial charge in [0.25, 0.3) is 0 Å². The van der Waals surface area contributed by atoms with Gasteiger partial charge in [0.15, 0.2) is 4.34 Å². The van der Waals surface area contributed by atoms with Crippen molar-refractivity contribution in [2.75, 3.05) is 0 Å². The van der Waals surface area contributed by atoms with Crippen LogP contribution in [-0.2, 0) is 0 Å². The maximum Gasteiger partial charge on any atom is 0.174 e. The highest BCUT2D eigenvalue weighted by atomic mass is 32.2. The molecule has 0 bridgehead atoms. The molecule has 1 aromatic heterocycles. The van der Waals surface area contributed by atoms with Gasteiger partial charge < -0.3 is 0 Å². The third-order valence-electron chi connectivity index (χ3n) is 1.66. The summed E-state index contributed by atoms with van der Waals surface area (Å²) in [6.07, 6.45) is 1.31. The molecule has 0 aliphatic carbocycles. The van der Waals surface area contributed by atoms with Gasteiger partial charge in [0.05, 0.1) is 16.5 Å². The molecule has 3 nitrogen and oxygen atoms in total. The molecule has 1 aromatic carbocycles. The smallest absolute Gasteiger partial charge is 0.174 e. The van der Waals surface area contributed by atoms with Crippen LogP contribution in [0.15, 0.2) is 27.7 Å². The van der Waals surface area contributed by atoms with Crippen molar-refractivity contribution in [1.82, 2.24) is 9.36 Å². The first-order valence-corrected chi connectivity index (χ1v) is 5.63. The first-order chi connectivity index (χ1) is 7.70. The first kappa shape index (κ1) is 11.0. The summed E-state index contributed by atoms with van der Waals surface area (Å²) in [6, 6.07) is 3.67. The number of nitriles is 1. The van der Waals surface area contributed by atoms with Crippen LogP contribution in [0.25, 0.3) is 0 Å². The van der Waals surface area contributed by atoms with Crippen molar-refractivity contribution < 1.29 is 8.78 Å². The highest BCUT2D eigenvalue weighted by molar-refractivity contribution is 8.01. The van der Waals surface area contributed by atoms with Crippen LogP contribution in [0, 0.1) is 23.0 Å². The van der Waals surface area contributed by atoms with Gasteiger partial charge in [0.1, 0.15) is 18.0 Å². The monoisotopic (exact) mass is 255 g/mol. The second kappa shape index (κ2) is 4.55. The van der Waals surface area contributed by atoms with Crippen LogP contribution in [0.5, 0.6) is 0 Å². The fourth-order valence-corrected chi connectivity index (χ4v) is 2.41. The van der Waals surface area contributed by atoms with Crippen LogP contribution in [-0.4, -0.2) is 9.36 Å². The summed E-state index contributed by atoms with van der Waals surface area (Å²) in [7, 11) is 0. The van der Waals surface area contributed by atoms with Crippen molar-refractivity contribution in [1.29, 1.82) is 5.26 Å². The van der Waals surface area contributed by atoms with Crippen molar-refractivity contribution >= 4 is 23.3 Å². The second-order valence-corrected chi connectivity index (χ2v) is 4.73. The number of aromatic nitrogens is 2. The maximum atomic E-state index is 13.4. The molecule has 0 fully saturated rings. The van der Waals surface area contributed by atoms with E-state index in [0.29, 0.717) is 4.34 Å². The Morgan fingerprint density at radius 1 is 1.31 bits per heavy atom. The number of hydrogen-bond donors (Lipinski definition) is 0. The molecule has 16 heavy (non-hydrogen) atoms. The average molecular weight is 255 g/mol. The topological polar surface area (TPSA) is 49.6 Å². The van der Waals surface area contributed by atoms with Gasteiger partial charge in [-0.15, -0.1) is 0 Å². The van der Waals surface area contributed by atoms with E-state index in [1.54, 1.807) is 6.07 Å². The summed E-state index contributed by atoms with van der Waals surface area (Å²) in [5.74, 6) is -1.53. The SMILES string of the molecule is N#Cc1cc(F)c(Sc2ncns2)c(F)c1. The van der Waals surface area contributed by atoms with Crippen molar-refractivity contribution in [2.24, 2.45) is 0 Å². The largest absolute Gasteiger partial charge is 0.216 e. The summed E-state index contributed by atoms with van der Waals surface area (Å²) >= 11 is 1.90. The Morgan fingerprint density at radius 3 is 2.50 bits per heavy atom. The van der Waals surface area contributed by atoms with E-state index in [0.717, 1.165) is 35.4 Å². The Morgan fingerprint density at radius 2 is 2.00 bits per heavy atom. The molecule has 0 radical (unpaired) electrons. The molecule has 0 spiro atoms. The van der Waals surface area contributed by atoms with Gasteiger partial charge in [-0.2, -0.15) is 9.64 Å². The van der Waals surface area contributed by atoms with Crippen molar-refractivity contribution in [2.45, 2.75) is 9.24 Å². The molecule has 1 heterocycles. The highest BCUT2D eigenvalue weighted by Gasteiger charge is 2.14. The first-order valence-electron chi connectivity index (χ1n) is 4.04. The molecule has 0 aliphatic rings. The number of benzene rings is 1. The van der Waals surface area contributed by atoms with Gasteiger partial charge in [0.2, 0.25) is 0 Å². The van der Waals surface area contributed by atoms with Crippen LogP contribution in [0.3, 0.4) is 0 Å². The van der Waals surface area contributed by atoms with E-state index in [1.807, 2.05) is 0 Å². The molecule has 2 rings (SSSR count). The molecule has 0 amide bonds. The molecule has 0 aliphatic heterocycles. The molecule has 0 atom stereocenters. The lowest BCUT2D eigenvalue weighted by molar-refractivity contribution is 0.540. The minimum absolute atomic E-state index is 0.0448. The van der Waals surface area contributed by atoms with Crippen LogP contribution in [0.4, 0.5) is 8.78 Å². The molecule has 0 N–H and O–H groups in total. The predicted molar refractivity (Wildman–Crippen MR) is 55.1 cm³/mol. The number of rotatable bonds is 2. The number of halogens is 2. The molecule has 7 heteroatoms. The van der Waals surface area contributed by atoms with Crippen molar-refractivity contribution in [3.05, 3.63) is 35.7 Å². The van der Waals surface area contributed by atoms with Gasteiger partial charge in [-0.25, -0.2) is 13.8 Å². The summed E-state index contributed by atoms with van der Waals surface area (Å²) in [5, 5.41) is 8.52. The molecule has 2 aromatic rings. The zero-order chi connectivity index (χ0) is 11.5. The lowest BCUT2D eigenvalue weighted by Crippen LogP contribution is -1.89. The van der Waals surface area contributed by atoms with E-state index in [9.17, 15) is 8.78 Å². The fourth-order valence-electron chi connectivity index (χ4n) is 1.02. The quantitative estimate of drug-likeness (QED) is 0.828. The summed E-state index contributed by atoms with van der Waals surface area (Å²) in [5.41, 5.74) is -0.0448. The van der Waals surface area contributed by atoms with E-state index in [1.165, 1.54) is 6.33 Å². The van der Waals surface area contributed by atoms with Gasteiger partial charge >= 0.3 is 0 Å². The van der Waals surface area contributed by atoms with Gasteiger partial charge in [-0.3, -0.25) is 0 Å². The van der Waals surface area contributed by atoms with E-state index in [-0.39, 0.29) is 10.5 Å². The lowest BCUT2D eigenvalue weighted by atomic mass is 10.2. The summed E-state index contributed by atoms with van der Waals surface area (Å²) in [6.45, 7) is 0. The Bertz CT molecular complexity index is 525. The Hall–Kier alpha value is -1.52. The van der Waals surface area contributed by atoms with Gasteiger partial charge in [-0.05, 0) is 23.7 Å². The Labute approximate surface area is 97.9 Å². The third kappa shape index (κ3) is 2.18. The molecule has 0 saturated heterocycles. The Balaban J connectivity index is 2.39. The van der Waals surface area contributed by atoms with Crippen LogP contribution in [0.1, 0.15) is 5.56 Å². The average Bonchev–Trinajstić information content (AvgIpc) is 2.75. The third-order valence-corrected chi connectivity index (χ3v) is 3.47. The second-order valence-electron chi connectivity index (χ2n) is 2.69. The highest BCUT2D eigenvalue weighted by Crippen LogP contribution is 2.32. The predicted octanol–water partition coefficient (Wildman–Crippen LogP) is 2.84. The maximum absolute atomic E-state index is 13.4. The lowest BCUT2D eigenvalue weighted by Gasteiger charge is -2.01. The van der Waals surface area contributed by atoms with E-state index < -0.39 is 11.6 Å². The fraction of sp³-hybridized carbons (Fsp3) is 0. The zero-order valence-corrected chi connectivity index (χ0v) is 9.28. The van der Waals surface area contributed by atoms with Crippen molar-refractivity contribution in [3.8, 4) is 6.07 Å². The summed E-state index contributed by atoms with van der Waals surface area (Å²) in [4.78, 5) is 3.64. The van der Waals surface area contributed by atoms with E-state index >= 15 is 0 Å². The molecular formula is C9H3F2N3S2. The van der Waals surface area contributed by atoms with Crippen LogP contribution >= 0.6 is 23.3 Å². The summed E-state index contributed by atoms with van der Waals surface area (Å²) < 4.78 is 31.0. The normalized spacial score (nSPS) is 10.1. The molecular weight excluding hydrogens is 252 g/mol. The van der Waals surface area contributed by atoms with E-state index in [4.69, 9.17) is 5.26 Å². The standard InChI is InChI=1S/C9H3F2N3S2/c10-6-1-5(3-12)2-7(11)8(6)15-9-13-4-14-16-9/h1-2,4H. The molecule has 0 unspecified atom stereocenters. The van der Waals surface area contributed by atoms with Crippen LogP contribution < -0.4 is 0 Å². The number of hydrogen-bond acceptors (Lipinski definition) is 5. The zero-order valence-electron chi connectivity index (χ0n) is 7.65. The molecule has 80 valence electrons. The minimum Gasteiger partial charge on any atom is -0.216 e. The molecule has 0 saturated carbocycles. The van der Waals surface area contributed by atoms with Gasteiger partial charge in [-0.1, -0.05) is 11.8 Å². The Kier molecular flexibility index (Phi) is 3.12.